The van der Waals surface area contributed by atoms with Crippen LogP contribution in [0.3, 0.4) is 0 Å². The van der Waals surface area contributed by atoms with Crippen molar-refractivity contribution in [3.8, 4) is 11.4 Å². The lowest BCUT2D eigenvalue weighted by Crippen LogP contribution is -2.35. The molecule has 0 saturated heterocycles. The highest BCUT2D eigenvalue weighted by atomic mass is 16.5. The Morgan fingerprint density at radius 1 is 1.03 bits per heavy atom. The molecule has 0 aliphatic carbocycles. The Bertz CT molecular complexity index is 1390. The van der Waals surface area contributed by atoms with Gasteiger partial charge in [-0.25, -0.2) is 4.98 Å². The predicted octanol–water partition coefficient (Wildman–Crippen LogP) is 5.02. The molecule has 0 aliphatic rings. The first-order valence-electron chi connectivity index (χ1n) is 11.2. The van der Waals surface area contributed by atoms with Crippen molar-refractivity contribution >= 4 is 22.9 Å². The van der Waals surface area contributed by atoms with E-state index in [1.807, 2.05) is 73.7 Å². The van der Waals surface area contributed by atoms with Gasteiger partial charge in [0.1, 0.15) is 11.6 Å². The van der Waals surface area contributed by atoms with Crippen LogP contribution in [-0.4, -0.2) is 34.5 Å². The monoisotopic (exact) mass is 453 g/mol. The number of ether oxygens (including phenoxy) is 1. The molecule has 0 saturated carbocycles. The van der Waals surface area contributed by atoms with E-state index < -0.39 is 6.04 Å². The summed E-state index contributed by atoms with van der Waals surface area (Å²) >= 11 is 0. The van der Waals surface area contributed by atoms with Gasteiger partial charge in [-0.3, -0.25) is 14.2 Å². The van der Waals surface area contributed by atoms with Gasteiger partial charge in [-0.15, -0.1) is 0 Å². The zero-order valence-corrected chi connectivity index (χ0v) is 19.5. The Balaban J connectivity index is 1.85. The van der Waals surface area contributed by atoms with E-state index in [2.05, 4.69) is 0 Å². The molecule has 0 fully saturated rings. The highest BCUT2D eigenvalue weighted by Crippen LogP contribution is 2.29. The van der Waals surface area contributed by atoms with E-state index in [1.54, 1.807) is 47.9 Å². The van der Waals surface area contributed by atoms with Crippen molar-refractivity contribution in [3.63, 3.8) is 0 Å². The van der Waals surface area contributed by atoms with Crippen LogP contribution in [0.5, 0.6) is 5.75 Å². The molecule has 1 amide bonds. The fraction of sp³-hybridized carbons (Fsp3) is 0.179. The molecule has 0 radical (unpaired) electrons. The van der Waals surface area contributed by atoms with Crippen molar-refractivity contribution < 1.29 is 9.53 Å². The molecule has 0 spiro atoms. The normalized spacial score (nSPS) is 12.1. The summed E-state index contributed by atoms with van der Waals surface area (Å²) in [7, 11) is 3.30. The first kappa shape index (κ1) is 23.0. The molecule has 1 heterocycles. The molecule has 172 valence electrons. The number of likely N-dealkylation sites (N-methyl/N-ethyl adjacent to an activating group) is 1. The summed E-state index contributed by atoms with van der Waals surface area (Å²) in [5.41, 5.74) is 1.91. The van der Waals surface area contributed by atoms with Crippen molar-refractivity contribution in [2.24, 2.45) is 0 Å². The second-order valence-electron chi connectivity index (χ2n) is 7.92. The number of rotatable bonds is 7. The van der Waals surface area contributed by atoms with E-state index in [4.69, 9.17) is 9.72 Å². The summed E-state index contributed by atoms with van der Waals surface area (Å²) in [4.78, 5) is 33.3. The van der Waals surface area contributed by atoms with E-state index in [0.717, 1.165) is 5.56 Å². The summed E-state index contributed by atoms with van der Waals surface area (Å²) in [5, 5.41) is 0.505. The molecule has 0 N–H and O–H groups in total. The molecule has 3 aromatic carbocycles. The Morgan fingerprint density at radius 2 is 1.71 bits per heavy atom. The van der Waals surface area contributed by atoms with Crippen LogP contribution in [0.1, 0.15) is 30.8 Å². The fourth-order valence-electron chi connectivity index (χ4n) is 4.05. The minimum absolute atomic E-state index is 0.176. The average Bonchev–Trinajstić information content (AvgIpc) is 2.88. The minimum atomic E-state index is -0.435. The Labute approximate surface area is 198 Å². The Morgan fingerprint density at radius 3 is 2.44 bits per heavy atom. The van der Waals surface area contributed by atoms with Crippen molar-refractivity contribution in [2.75, 3.05) is 14.2 Å². The van der Waals surface area contributed by atoms with Crippen molar-refractivity contribution in [1.82, 2.24) is 14.5 Å². The molecule has 6 heteroatoms. The van der Waals surface area contributed by atoms with Gasteiger partial charge in [0.2, 0.25) is 5.91 Å². The molecular formula is C28H27N3O3. The summed E-state index contributed by atoms with van der Waals surface area (Å²) in [6.45, 7) is 1.98. The maximum atomic E-state index is 13.7. The van der Waals surface area contributed by atoms with E-state index in [9.17, 15) is 9.59 Å². The smallest absolute Gasteiger partial charge is 0.266 e. The third-order valence-electron chi connectivity index (χ3n) is 5.85. The highest BCUT2D eigenvalue weighted by Gasteiger charge is 2.26. The third kappa shape index (κ3) is 4.48. The Hall–Kier alpha value is -4.19. The topological polar surface area (TPSA) is 64.4 Å². The van der Waals surface area contributed by atoms with Gasteiger partial charge >= 0.3 is 0 Å². The van der Waals surface area contributed by atoms with E-state index >= 15 is 0 Å². The van der Waals surface area contributed by atoms with Gasteiger partial charge in [0, 0.05) is 13.1 Å². The number of hydrogen-bond acceptors (Lipinski definition) is 4. The number of aromatic nitrogens is 2. The quantitative estimate of drug-likeness (QED) is 0.369. The van der Waals surface area contributed by atoms with Crippen LogP contribution in [0, 0.1) is 0 Å². The van der Waals surface area contributed by atoms with Crippen LogP contribution in [-0.2, 0) is 4.79 Å². The van der Waals surface area contributed by atoms with E-state index in [0.29, 0.717) is 34.6 Å². The molecular weight excluding hydrogens is 426 g/mol. The number of carbonyl (C=O) groups is 1. The number of amides is 1. The fourth-order valence-corrected chi connectivity index (χ4v) is 4.05. The lowest BCUT2D eigenvalue weighted by molar-refractivity contribution is -0.127. The van der Waals surface area contributed by atoms with Crippen molar-refractivity contribution in [3.05, 3.63) is 107 Å². The zero-order chi connectivity index (χ0) is 24.1. The van der Waals surface area contributed by atoms with Gasteiger partial charge in [0.05, 0.1) is 29.7 Å². The summed E-state index contributed by atoms with van der Waals surface area (Å²) in [5.74, 6) is 0.861. The van der Waals surface area contributed by atoms with Gasteiger partial charge < -0.3 is 9.64 Å². The predicted molar refractivity (Wildman–Crippen MR) is 135 cm³/mol. The summed E-state index contributed by atoms with van der Waals surface area (Å²) in [6.07, 6.45) is 3.90. The molecule has 1 aromatic heterocycles. The van der Waals surface area contributed by atoms with Crippen molar-refractivity contribution in [1.29, 1.82) is 0 Å². The maximum absolute atomic E-state index is 13.7. The van der Waals surface area contributed by atoms with E-state index in [-0.39, 0.29) is 11.5 Å². The van der Waals surface area contributed by atoms with Crippen LogP contribution < -0.4 is 10.3 Å². The minimum Gasteiger partial charge on any atom is -0.495 e. The SMILES string of the molecule is CCC(c1nc2ccccc2c(=O)n1-c1ccccc1OC)N(C)C(=O)/C=C/c1ccccc1. The molecule has 0 bridgehead atoms. The first-order chi connectivity index (χ1) is 16.5. The molecule has 34 heavy (non-hydrogen) atoms. The maximum Gasteiger partial charge on any atom is 0.266 e. The van der Waals surface area contributed by atoms with Crippen LogP contribution >= 0.6 is 0 Å². The molecule has 4 rings (SSSR count). The van der Waals surface area contributed by atoms with Gasteiger partial charge in [0.15, 0.2) is 0 Å². The average molecular weight is 454 g/mol. The molecule has 1 unspecified atom stereocenters. The molecule has 4 aromatic rings. The second-order valence-corrected chi connectivity index (χ2v) is 7.92. The lowest BCUT2D eigenvalue weighted by atomic mass is 10.1. The van der Waals surface area contributed by atoms with Crippen LogP contribution in [0.15, 0.2) is 89.7 Å². The summed E-state index contributed by atoms with van der Waals surface area (Å²) < 4.78 is 7.12. The number of methoxy groups -OCH3 is 1. The standard InChI is InChI=1S/C28H27N3O3/c1-4-23(30(2)26(32)19-18-20-12-6-5-7-13-20)27-29-22-15-9-8-14-21(22)28(33)31(27)24-16-10-11-17-25(24)34-3/h5-19,23H,4H2,1-3H3/b19-18+. The lowest BCUT2D eigenvalue weighted by Gasteiger charge is -2.28. The number of nitrogens with zero attached hydrogens (tertiary/aromatic N) is 3. The number of hydrogen-bond donors (Lipinski definition) is 0. The van der Waals surface area contributed by atoms with Crippen molar-refractivity contribution in [2.45, 2.75) is 19.4 Å². The number of para-hydroxylation sites is 3. The van der Waals surface area contributed by atoms with Crippen LogP contribution in [0.2, 0.25) is 0 Å². The largest absolute Gasteiger partial charge is 0.495 e. The van der Waals surface area contributed by atoms with Gasteiger partial charge in [-0.1, -0.05) is 61.5 Å². The third-order valence-corrected chi connectivity index (χ3v) is 5.85. The summed E-state index contributed by atoms with van der Waals surface area (Å²) in [6, 6.07) is 23.8. The van der Waals surface area contributed by atoms with Gasteiger partial charge in [-0.2, -0.15) is 0 Å². The zero-order valence-electron chi connectivity index (χ0n) is 19.5. The molecule has 6 nitrogen and oxygen atoms in total. The molecule has 1 atom stereocenters. The molecule has 0 aliphatic heterocycles. The van der Waals surface area contributed by atoms with Crippen LogP contribution in [0.25, 0.3) is 22.7 Å². The number of benzene rings is 3. The number of fused-ring (bicyclic) bond motifs is 1. The van der Waals surface area contributed by atoms with E-state index in [1.165, 1.54) is 0 Å². The van der Waals surface area contributed by atoms with Crippen LogP contribution in [0.4, 0.5) is 0 Å². The number of carbonyl (C=O) groups excluding carboxylic acids is 1. The Kier molecular flexibility index (Phi) is 6.87. The van der Waals surface area contributed by atoms with Gasteiger partial charge in [0.25, 0.3) is 5.56 Å². The first-order valence-corrected chi connectivity index (χ1v) is 11.2. The second kappa shape index (κ2) is 10.2. The highest BCUT2D eigenvalue weighted by molar-refractivity contribution is 5.92. The van der Waals surface area contributed by atoms with Gasteiger partial charge in [-0.05, 0) is 42.3 Å².